The summed E-state index contributed by atoms with van der Waals surface area (Å²) in [5.74, 6) is -0.162. The molecule has 0 fully saturated rings. The minimum Gasteiger partial charge on any atom is -0.330 e. The molecule has 0 unspecified atom stereocenters. The van der Waals surface area contributed by atoms with Crippen LogP contribution in [0, 0.1) is 5.92 Å². The van der Waals surface area contributed by atoms with Crippen LogP contribution in [0.25, 0.3) is 0 Å². The number of urea groups is 1. The maximum atomic E-state index is 13.5. The van der Waals surface area contributed by atoms with Crippen LogP contribution in [0.3, 0.4) is 0 Å². The fourth-order valence-corrected chi connectivity index (χ4v) is 3.52. The van der Waals surface area contributed by atoms with Gasteiger partial charge in [-0.05, 0) is 24.5 Å². The number of hydrogen-bond acceptors (Lipinski definition) is 2. The summed E-state index contributed by atoms with van der Waals surface area (Å²) < 4.78 is 40.5. The van der Waals surface area contributed by atoms with Gasteiger partial charge in [-0.25, -0.2) is 4.79 Å². The summed E-state index contributed by atoms with van der Waals surface area (Å²) in [5.41, 5.74) is -0.305. The number of hydrogen-bond donors (Lipinski definition) is 1. The van der Waals surface area contributed by atoms with E-state index in [2.05, 4.69) is 5.32 Å². The van der Waals surface area contributed by atoms with Crippen molar-refractivity contribution in [2.45, 2.75) is 39.0 Å². The molecule has 8 heteroatoms. The van der Waals surface area contributed by atoms with Gasteiger partial charge in [-0.3, -0.25) is 9.69 Å². The molecule has 1 aromatic carbocycles. The first-order valence-corrected chi connectivity index (χ1v) is 8.78. The van der Waals surface area contributed by atoms with Crippen LogP contribution in [0.1, 0.15) is 37.9 Å². The third-order valence-corrected chi connectivity index (χ3v) is 5.42. The molecule has 2 aliphatic heterocycles. The van der Waals surface area contributed by atoms with Crippen molar-refractivity contribution in [1.82, 2.24) is 15.1 Å². The van der Waals surface area contributed by atoms with Gasteiger partial charge >= 0.3 is 12.2 Å². The maximum Gasteiger partial charge on any atom is 0.416 e. The van der Waals surface area contributed by atoms with Crippen molar-refractivity contribution in [3.63, 3.8) is 0 Å². The quantitative estimate of drug-likeness (QED) is 0.871. The Labute approximate surface area is 155 Å². The SMILES string of the molecule is CC(C)[C@@H](C)N1CC2=C(C1=O)[C@@H](c1ccccc1C(F)(F)F)NC(=O)N2C. The number of likely N-dealkylation sites (N-methyl/N-ethyl adjacent to an activating group) is 1. The normalized spacial score (nSPS) is 21.7. The molecule has 0 bridgehead atoms. The topological polar surface area (TPSA) is 52.7 Å². The smallest absolute Gasteiger partial charge is 0.330 e. The zero-order valence-electron chi connectivity index (χ0n) is 15.6. The zero-order valence-corrected chi connectivity index (χ0v) is 15.6. The Balaban J connectivity index is 2.11. The Bertz CT molecular complexity index is 817. The third-order valence-electron chi connectivity index (χ3n) is 5.42. The van der Waals surface area contributed by atoms with Gasteiger partial charge in [0.25, 0.3) is 5.91 Å². The van der Waals surface area contributed by atoms with Crippen molar-refractivity contribution in [3.05, 3.63) is 46.7 Å². The van der Waals surface area contributed by atoms with E-state index in [1.54, 1.807) is 4.90 Å². The molecule has 27 heavy (non-hydrogen) atoms. The van der Waals surface area contributed by atoms with Gasteiger partial charge in [0.05, 0.1) is 29.4 Å². The lowest BCUT2D eigenvalue weighted by Gasteiger charge is -2.32. The first-order valence-electron chi connectivity index (χ1n) is 8.78. The van der Waals surface area contributed by atoms with E-state index >= 15 is 0 Å². The molecule has 2 heterocycles. The molecule has 0 radical (unpaired) electrons. The average molecular weight is 381 g/mol. The molecule has 2 atom stereocenters. The molecule has 5 nitrogen and oxygen atoms in total. The summed E-state index contributed by atoms with van der Waals surface area (Å²) >= 11 is 0. The summed E-state index contributed by atoms with van der Waals surface area (Å²) in [5, 5.41) is 2.57. The van der Waals surface area contributed by atoms with Gasteiger partial charge < -0.3 is 10.2 Å². The van der Waals surface area contributed by atoms with Crippen LogP contribution < -0.4 is 5.32 Å². The number of alkyl halides is 3. The number of amides is 3. The predicted molar refractivity (Wildman–Crippen MR) is 93.5 cm³/mol. The molecule has 0 aliphatic carbocycles. The second-order valence-corrected chi connectivity index (χ2v) is 7.30. The van der Waals surface area contributed by atoms with Crippen LogP contribution in [0.2, 0.25) is 0 Å². The lowest BCUT2D eigenvalue weighted by molar-refractivity contribution is -0.138. The monoisotopic (exact) mass is 381 g/mol. The van der Waals surface area contributed by atoms with Crippen LogP contribution in [-0.4, -0.2) is 41.4 Å². The number of rotatable bonds is 3. The largest absolute Gasteiger partial charge is 0.416 e. The van der Waals surface area contributed by atoms with Gasteiger partial charge in [0.2, 0.25) is 0 Å². The van der Waals surface area contributed by atoms with Crippen LogP contribution in [-0.2, 0) is 11.0 Å². The van der Waals surface area contributed by atoms with Gasteiger partial charge in [0.1, 0.15) is 0 Å². The Morgan fingerprint density at radius 2 is 1.78 bits per heavy atom. The second kappa shape index (κ2) is 6.58. The molecule has 3 amide bonds. The van der Waals surface area contributed by atoms with E-state index < -0.39 is 23.8 Å². The van der Waals surface area contributed by atoms with Crippen molar-refractivity contribution < 1.29 is 22.8 Å². The highest BCUT2D eigenvalue weighted by molar-refractivity contribution is 6.01. The molecular weight excluding hydrogens is 359 g/mol. The molecule has 1 aromatic rings. The zero-order chi connectivity index (χ0) is 20.1. The maximum absolute atomic E-state index is 13.5. The second-order valence-electron chi connectivity index (χ2n) is 7.30. The van der Waals surface area contributed by atoms with Crippen LogP contribution in [0.5, 0.6) is 0 Å². The molecule has 0 spiro atoms. The lowest BCUT2D eigenvalue weighted by atomic mass is 9.91. The molecule has 0 aromatic heterocycles. The standard InChI is InChI=1S/C19H22F3N3O2/c1-10(2)11(3)25-9-14-15(17(25)26)16(23-18(27)24(14)4)12-7-5-6-8-13(12)19(20,21)22/h5-8,10-11,16H,9H2,1-4H3,(H,23,27)/t11-,16-/m1/s1. The molecule has 3 rings (SSSR count). The highest BCUT2D eigenvalue weighted by Gasteiger charge is 2.46. The minimum absolute atomic E-state index is 0.106. The number of benzene rings is 1. The first kappa shape index (κ1) is 19.3. The van der Waals surface area contributed by atoms with Crippen molar-refractivity contribution in [3.8, 4) is 0 Å². The highest BCUT2D eigenvalue weighted by Crippen LogP contribution is 2.41. The van der Waals surface area contributed by atoms with Crippen LogP contribution >= 0.6 is 0 Å². The molecule has 1 N–H and O–H groups in total. The van der Waals surface area contributed by atoms with E-state index in [9.17, 15) is 22.8 Å². The number of halogens is 3. The molecule has 146 valence electrons. The highest BCUT2D eigenvalue weighted by atomic mass is 19.4. The fraction of sp³-hybridized carbons (Fsp3) is 0.474. The van der Waals surface area contributed by atoms with Gasteiger partial charge in [-0.1, -0.05) is 32.0 Å². The van der Waals surface area contributed by atoms with Crippen molar-refractivity contribution >= 4 is 11.9 Å². The van der Waals surface area contributed by atoms with Gasteiger partial charge in [-0.2, -0.15) is 13.2 Å². The van der Waals surface area contributed by atoms with Crippen LogP contribution in [0.4, 0.5) is 18.0 Å². The lowest BCUT2D eigenvalue weighted by Crippen LogP contribution is -2.45. The molecule has 0 saturated carbocycles. The average Bonchev–Trinajstić information content (AvgIpc) is 2.94. The number of carbonyl (C=O) groups is 2. The van der Waals surface area contributed by atoms with E-state index in [0.717, 1.165) is 6.07 Å². The van der Waals surface area contributed by atoms with Gasteiger partial charge in [0.15, 0.2) is 0 Å². The fourth-order valence-electron chi connectivity index (χ4n) is 3.52. The van der Waals surface area contributed by atoms with Gasteiger partial charge in [0, 0.05) is 13.1 Å². The number of nitrogens with zero attached hydrogens (tertiary/aromatic N) is 2. The minimum atomic E-state index is -4.59. The third kappa shape index (κ3) is 3.17. The van der Waals surface area contributed by atoms with E-state index in [1.165, 1.54) is 30.1 Å². The van der Waals surface area contributed by atoms with Crippen LogP contribution in [0.15, 0.2) is 35.5 Å². The number of carbonyl (C=O) groups excluding carboxylic acids is 2. The van der Waals surface area contributed by atoms with Crippen molar-refractivity contribution in [1.29, 1.82) is 0 Å². The Hall–Kier alpha value is -2.51. The summed E-state index contributed by atoms with van der Waals surface area (Å²) in [7, 11) is 1.52. The predicted octanol–water partition coefficient (Wildman–Crippen LogP) is 3.54. The molecule has 2 aliphatic rings. The Kier molecular flexibility index (Phi) is 4.69. The van der Waals surface area contributed by atoms with Crippen molar-refractivity contribution in [2.75, 3.05) is 13.6 Å². The van der Waals surface area contributed by atoms with E-state index in [4.69, 9.17) is 0 Å². The van der Waals surface area contributed by atoms with Crippen molar-refractivity contribution in [2.24, 2.45) is 5.92 Å². The molecular formula is C19H22F3N3O2. The molecule has 0 saturated heterocycles. The summed E-state index contributed by atoms with van der Waals surface area (Å²) in [6.07, 6.45) is -4.59. The Morgan fingerprint density at radius 1 is 1.15 bits per heavy atom. The van der Waals surface area contributed by atoms with E-state index in [1.807, 2.05) is 20.8 Å². The van der Waals surface area contributed by atoms with E-state index in [-0.39, 0.29) is 35.5 Å². The van der Waals surface area contributed by atoms with Gasteiger partial charge in [-0.15, -0.1) is 0 Å². The summed E-state index contributed by atoms with van der Waals surface area (Å²) in [6, 6.07) is 3.29. The summed E-state index contributed by atoms with van der Waals surface area (Å²) in [6.45, 7) is 6.05. The summed E-state index contributed by atoms with van der Waals surface area (Å²) in [4.78, 5) is 28.4. The number of nitrogens with one attached hydrogen (secondary N) is 1. The van der Waals surface area contributed by atoms with E-state index in [0.29, 0.717) is 5.70 Å². The first-order chi connectivity index (χ1) is 12.5. The Morgan fingerprint density at radius 3 is 2.37 bits per heavy atom.